The molecule has 0 aliphatic heterocycles. The zero-order valence-electron chi connectivity index (χ0n) is 26.3. The third kappa shape index (κ3) is 4.65. The molecule has 228 valence electrons. The number of benzene rings is 8. The molecule has 0 radical (unpaired) electrons. The molecular weight excluding hydrogens is 599 g/mol. The first-order valence-electron chi connectivity index (χ1n) is 16.4. The fraction of sp³-hybridized carbons (Fsp3) is 0. The van der Waals surface area contributed by atoms with Crippen LogP contribution in [0.4, 0.5) is 0 Å². The highest BCUT2D eigenvalue weighted by molar-refractivity contribution is 6.14. The molecular formula is C45H27N3O. The third-order valence-corrected chi connectivity index (χ3v) is 9.47. The fourth-order valence-electron chi connectivity index (χ4n) is 7.07. The zero-order chi connectivity index (χ0) is 32.3. The molecule has 49 heavy (non-hydrogen) atoms. The second-order valence-corrected chi connectivity index (χ2v) is 12.5. The summed E-state index contributed by atoms with van der Waals surface area (Å²) < 4.78 is 6.51. The number of nitrogens with zero attached hydrogens (tertiary/aromatic N) is 3. The van der Waals surface area contributed by atoms with E-state index in [-0.39, 0.29) is 0 Å². The molecule has 0 N–H and O–H groups in total. The van der Waals surface area contributed by atoms with Gasteiger partial charge in [0.1, 0.15) is 11.2 Å². The number of rotatable bonds is 4. The first kappa shape index (κ1) is 27.5. The molecule has 4 nitrogen and oxygen atoms in total. The Kier molecular flexibility index (Phi) is 6.15. The lowest BCUT2D eigenvalue weighted by Gasteiger charge is -2.12. The molecule has 0 atom stereocenters. The molecule has 4 heteroatoms. The summed E-state index contributed by atoms with van der Waals surface area (Å²) in [7, 11) is 0. The van der Waals surface area contributed by atoms with Gasteiger partial charge in [-0.3, -0.25) is 0 Å². The van der Waals surface area contributed by atoms with Gasteiger partial charge in [0.15, 0.2) is 17.5 Å². The van der Waals surface area contributed by atoms with Gasteiger partial charge >= 0.3 is 0 Å². The predicted octanol–water partition coefficient (Wildman–Crippen LogP) is 11.9. The molecule has 0 saturated heterocycles. The van der Waals surface area contributed by atoms with Gasteiger partial charge in [-0.2, -0.15) is 0 Å². The molecule has 10 rings (SSSR count). The van der Waals surface area contributed by atoms with Gasteiger partial charge in [-0.1, -0.05) is 133 Å². The van der Waals surface area contributed by atoms with Crippen LogP contribution < -0.4 is 0 Å². The first-order valence-corrected chi connectivity index (χ1v) is 16.4. The molecule has 0 unspecified atom stereocenters. The van der Waals surface area contributed by atoms with E-state index in [1.165, 1.54) is 26.9 Å². The Balaban J connectivity index is 1.21. The lowest BCUT2D eigenvalue weighted by Crippen LogP contribution is -2.00. The highest BCUT2D eigenvalue weighted by atomic mass is 16.3. The van der Waals surface area contributed by atoms with E-state index in [9.17, 15) is 0 Å². The second-order valence-electron chi connectivity index (χ2n) is 12.5. The molecule has 0 spiro atoms. The normalized spacial score (nSPS) is 11.7. The van der Waals surface area contributed by atoms with Crippen molar-refractivity contribution in [3.8, 4) is 45.3 Å². The van der Waals surface area contributed by atoms with Crippen LogP contribution in [-0.2, 0) is 0 Å². The number of fused-ring (bicyclic) bond motifs is 7. The van der Waals surface area contributed by atoms with Crippen LogP contribution in [0, 0.1) is 0 Å². The zero-order valence-corrected chi connectivity index (χ0v) is 26.3. The maximum Gasteiger partial charge on any atom is 0.164 e. The monoisotopic (exact) mass is 625 g/mol. The van der Waals surface area contributed by atoms with E-state index in [1.807, 2.05) is 42.5 Å². The van der Waals surface area contributed by atoms with Crippen molar-refractivity contribution < 1.29 is 4.42 Å². The van der Waals surface area contributed by atoms with Crippen LogP contribution in [0.5, 0.6) is 0 Å². The number of furan rings is 1. The van der Waals surface area contributed by atoms with Crippen molar-refractivity contribution in [1.82, 2.24) is 15.0 Å². The molecule has 0 saturated carbocycles. The number of hydrogen-bond donors (Lipinski definition) is 0. The van der Waals surface area contributed by atoms with Crippen molar-refractivity contribution in [2.75, 3.05) is 0 Å². The maximum absolute atomic E-state index is 6.51. The van der Waals surface area contributed by atoms with Gasteiger partial charge in [0, 0.05) is 27.5 Å². The molecule has 0 aliphatic rings. The van der Waals surface area contributed by atoms with Crippen LogP contribution in [-0.4, -0.2) is 15.0 Å². The Morgan fingerprint density at radius 2 is 0.918 bits per heavy atom. The minimum absolute atomic E-state index is 0.590. The summed E-state index contributed by atoms with van der Waals surface area (Å²) in [5.41, 5.74) is 6.55. The SMILES string of the molecule is c1ccc(-c2nc(-c3ccc4c(ccc5ccccc54)c3)nc(-c3cc(-c4ccc5ccccc5c4)c4c(c3)oc3ccccc34)n2)cc1. The molecule has 0 fully saturated rings. The standard InChI is InChI=1S/C45H27N3O/c1-2-12-30(13-3-1)43-46-44(34-22-23-37-32(25-34)21-19-29-11-6-7-15-36(29)37)48-45(47-43)35-26-39(33-20-18-28-10-4-5-14-31(28)24-33)42-38-16-8-9-17-40(38)49-41(42)27-35/h1-27H. The van der Waals surface area contributed by atoms with Crippen LogP contribution in [0.25, 0.3) is 99.5 Å². The molecule has 8 aromatic carbocycles. The van der Waals surface area contributed by atoms with Crippen molar-refractivity contribution in [3.63, 3.8) is 0 Å². The predicted molar refractivity (Wildman–Crippen MR) is 201 cm³/mol. The van der Waals surface area contributed by atoms with E-state index in [2.05, 4.69) is 121 Å². The van der Waals surface area contributed by atoms with E-state index in [0.29, 0.717) is 17.5 Å². The Bertz CT molecular complexity index is 2890. The second kappa shape index (κ2) is 11.0. The van der Waals surface area contributed by atoms with Crippen molar-refractivity contribution in [2.45, 2.75) is 0 Å². The average Bonchev–Trinajstić information content (AvgIpc) is 3.56. The minimum Gasteiger partial charge on any atom is -0.456 e. The van der Waals surface area contributed by atoms with E-state index < -0.39 is 0 Å². The topological polar surface area (TPSA) is 51.8 Å². The summed E-state index contributed by atoms with van der Waals surface area (Å²) in [6.07, 6.45) is 0. The largest absolute Gasteiger partial charge is 0.456 e. The van der Waals surface area contributed by atoms with Crippen LogP contribution in [0.15, 0.2) is 168 Å². The first-order chi connectivity index (χ1) is 24.2. The summed E-state index contributed by atoms with van der Waals surface area (Å²) in [4.78, 5) is 15.3. The van der Waals surface area contributed by atoms with Gasteiger partial charge in [0.05, 0.1) is 0 Å². The van der Waals surface area contributed by atoms with E-state index in [0.717, 1.165) is 55.1 Å². The maximum atomic E-state index is 6.51. The van der Waals surface area contributed by atoms with Gasteiger partial charge in [-0.05, 0) is 73.8 Å². The van der Waals surface area contributed by atoms with E-state index in [4.69, 9.17) is 19.4 Å². The Labute approximate surface area is 282 Å². The molecule has 0 amide bonds. The number of aromatic nitrogens is 3. The Morgan fingerprint density at radius 1 is 0.327 bits per heavy atom. The molecule has 2 aromatic heterocycles. The van der Waals surface area contributed by atoms with Crippen molar-refractivity contribution in [3.05, 3.63) is 164 Å². The fourth-order valence-corrected chi connectivity index (χ4v) is 7.07. The summed E-state index contributed by atoms with van der Waals surface area (Å²) in [6.45, 7) is 0. The minimum atomic E-state index is 0.590. The highest BCUT2D eigenvalue weighted by Crippen LogP contribution is 2.41. The Morgan fingerprint density at radius 3 is 1.78 bits per heavy atom. The molecule has 2 heterocycles. The lowest BCUT2D eigenvalue weighted by molar-refractivity contribution is 0.669. The summed E-state index contributed by atoms with van der Waals surface area (Å²) in [6, 6.07) is 57.0. The Hall–Kier alpha value is -6.65. The summed E-state index contributed by atoms with van der Waals surface area (Å²) >= 11 is 0. The summed E-state index contributed by atoms with van der Waals surface area (Å²) in [5, 5.41) is 9.34. The van der Waals surface area contributed by atoms with Crippen molar-refractivity contribution in [2.24, 2.45) is 0 Å². The molecule has 0 bridgehead atoms. The number of para-hydroxylation sites is 1. The van der Waals surface area contributed by atoms with Crippen LogP contribution in [0.3, 0.4) is 0 Å². The highest BCUT2D eigenvalue weighted by Gasteiger charge is 2.19. The van der Waals surface area contributed by atoms with Gasteiger partial charge in [-0.25, -0.2) is 15.0 Å². The quantitative estimate of drug-likeness (QED) is 0.183. The third-order valence-electron chi connectivity index (χ3n) is 9.47. The summed E-state index contributed by atoms with van der Waals surface area (Å²) in [5.74, 6) is 1.83. The lowest BCUT2D eigenvalue weighted by atomic mass is 9.95. The van der Waals surface area contributed by atoms with Crippen molar-refractivity contribution in [1.29, 1.82) is 0 Å². The van der Waals surface area contributed by atoms with Crippen LogP contribution in [0.1, 0.15) is 0 Å². The van der Waals surface area contributed by atoms with E-state index >= 15 is 0 Å². The molecule has 0 aliphatic carbocycles. The van der Waals surface area contributed by atoms with Crippen LogP contribution >= 0.6 is 0 Å². The molecule has 10 aromatic rings. The van der Waals surface area contributed by atoms with Crippen molar-refractivity contribution >= 4 is 54.3 Å². The van der Waals surface area contributed by atoms with E-state index in [1.54, 1.807) is 0 Å². The van der Waals surface area contributed by atoms with Gasteiger partial charge < -0.3 is 4.42 Å². The van der Waals surface area contributed by atoms with Crippen LogP contribution in [0.2, 0.25) is 0 Å². The van der Waals surface area contributed by atoms with Gasteiger partial charge in [0.25, 0.3) is 0 Å². The smallest absolute Gasteiger partial charge is 0.164 e. The van der Waals surface area contributed by atoms with Gasteiger partial charge in [-0.15, -0.1) is 0 Å². The average molecular weight is 626 g/mol. The number of hydrogen-bond acceptors (Lipinski definition) is 4. The van der Waals surface area contributed by atoms with Gasteiger partial charge in [0.2, 0.25) is 0 Å².